The maximum Gasteiger partial charge on any atom is 0.120 e. The Kier molecular flexibility index (Phi) is 4.44. The number of methoxy groups -OCH3 is 1. The second-order valence-electron chi connectivity index (χ2n) is 5.06. The van der Waals surface area contributed by atoms with E-state index in [9.17, 15) is 0 Å². The zero-order chi connectivity index (χ0) is 13.0. The van der Waals surface area contributed by atoms with E-state index in [1.807, 2.05) is 6.07 Å². The number of nitrogens with one attached hydrogen (secondary N) is 1. The number of ether oxygens (including phenoxy) is 1. The number of hydrogen-bond donors (Lipinski definition) is 1. The molecule has 1 saturated heterocycles. The van der Waals surface area contributed by atoms with Crippen molar-refractivity contribution >= 4 is 5.69 Å². The van der Waals surface area contributed by atoms with Gasteiger partial charge in [0.15, 0.2) is 0 Å². The third-order valence-corrected chi connectivity index (χ3v) is 3.26. The number of anilines is 1. The summed E-state index contributed by atoms with van der Waals surface area (Å²) in [6.45, 7) is 4.21. The smallest absolute Gasteiger partial charge is 0.120 e. The van der Waals surface area contributed by atoms with Crippen molar-refractivity contribution in [2.45, 2.75) is 6.04 Å². The fourth-order valence-electron chi connectivity index (χ4n) is 2.43. The summed E-state index contributed by atoms with van der Waals surface area (Å²) in [5.74, 6) is 0.926. The average molecular weight is 249 g/mol. The van der Waals surface area contributed by atoms with Gasteiger partial charge in [-0.15, -0.1) is 0 Å². The van der Waals surface area contributed by atoms with Crippen LogP contribution in [0.15, 0.2) is 24.3 Å². The molecular formula is C14H23N3O. The first-order chi connectivity index (χ1) is 8.69. The Morgan fingerprint density at radius 3 is 3.00 bits per heavy atom. The largest absolute Gasteiger partial charge is 0.497 e. The minimum atomic E-state index is 0.528. The van der Waals surface area contributed by atoms with Gasteiger partial charge in [-0.05, 0) is 26.2 Å². The first-order valence-electron chi connectivity index (χ1n) is 6.46. The van der Waals surface area contributed by atoms with Gasteiger partial charge in [-0.2, -0.15) is 0 Å². The summed E-state index contributed by atoms with van der Waals surface area (Å²) < 4.78 is 5.29. The summed E-state index contributed by atoms with van der Waals surface area (Å²) in [6, 6.07) is 8.83. The lowest BCUT2D eigenvalue weighted by molar-refractivity contribution is 0.323. The molecule has 1 unspecified atom stereocenters. The van der Waals surface area contributed by atoms with Crippen LogP contribution in [0.3, 0.4) is 0 Å². The minimum absolute atomic E-state index is 0.528. The molecular weight excluding hydrogens is 226 g/mol. The number of nitrogens with zero attached hydrogens (tertiary/aromatic N) is 2. The molecule has 0 aromatic heterocycles. The molecule has 1 fully saturated rings. The molecule has 0 radical (unpaired) electrons. The molecule has 1 heterocycles. The highest BCUT2D eigenvalue weighted by Gasteiger charge is 2.20. The average Bonchev–Trinajstić information content (AvgIpc) is 2.38. The standard InChI is InChI=1S/C14H23N3O/c1-16(2)10-12-11-17(8-7-15-12)13-5-4-6-14(9-13)18-3/h4-6,9,12,15H,7-8,10-11H2,1-3H3. The third-order valence-electron chi connectivity index (χ3n) is 3.26. The van der Waals surface area contributed by atoms with Gasteiger partial charge in [0.2, 0.25) is 0 Å². The SMILES string of the molecule is COc1cccc(N2CCNC(CN(C)C)C2)c1. The van der Waals surface area contributed by atoms with Crippen LogP contribution in [0.25, 0.3) is 0 Å². The van der Waals surface area contributed by atoms with Gasteiger partial charge in [-0.3, -0.25) is 0 Å². The minimum Gasteiger partial charge on any atom is -0.497 e. The van der Waals surface area contributed by atoms with E-state index in [-0.39, 0.29) is 0 Å². The Labute approximate surface area is 110 Å². The number of likely N-dealkylation sites (N-methyl/N-ethyl adjacent to an activating group) is 1. The number of rotatable bonds is 4. The summed E-state index contributed by atoms with van der Waals surface area (Å²) in [4.78, 5) is 4.65. The molecule has 1 aromatic carbocycles. The van der Waals surface area contributed by atoms with Gasteiger partial charge in [0, 0.05) is 44.0 Å². The number of benzene rings is 1. The van der Waals surface area contributed by atoms with Crippen LogP contribution < -0.4 is 15.0 Å². The molecule has 2 rings (SSSR count). The molecule has 0 saturated carbocycles. The Morgan fingerprint density at radius 1 is 1.44 bits per heavy atom. The number of piperazine rings is 1. The first-order valence-corrected chi connectivity index (χ1v) is 6.46. The quantitative estimate of drug-likeness (QED) is 0.863. The summed E-state index contributed by atoms with van der Waals surface area (Å²) in [6.07, 6.45) is 0. The highest BCUT2D eigenvalue weighted by Crippen LogP contribution is 2.21. The van der Waals surface area contributed by atoms with Gasteiger partial charge in [-0.25, -0.2) is 0 Å². The molecule has 1 aromatic rings. The van der Waals surface area contributed by atoms with Crippen LogP contribution in [-0.4, -0.2) is 58.3 Å². The molecule has 1 aliphatic rings. The maximum atomic E-state index is 5.29. The van der Waals surface area contributed by atoms with Crippen LogP contribution in [0.1, 0.15) is 0 Å². The fraction of sp³-hybridized carbons (Fsp3) is 0.571. The lowest BCUT2D eigenvalue weighted by atomic mass is 10.1. The molecule has 1 aliphatic heterocycles. The molecule has 4 heteroatoms. The van der Waals surface area contributed by atoms with Gasteiger partial charge < -0.3 is 19.9 Å². The lowest BCUT2D eigenvalue weighted by Crippen LogP contribution is -2.54. The van der Waals surface area contributed by atoms with Crippen LogP contribution in [0.4, 0.5) is 5.69 Å². The zero-order valence-corrected chi connectivity index (χ0v) is 11.5. The Morgan fingerprint density at radius 2 is 2.28 bits per heavy atom. The van der Waals surface area contributed by atoms with Crippen LogP contribution >= 0.6 is 0 Å². The monoisotopic (exact) mass is 249 g/mol. The van der Waals surface area contributed by atoms with Gasteiger partial charge >= 0.3 is 0 Å². The highest BCUT2D eigenvalue weighted by molar-refractivity contribution is 5.51. The molecule has 0 aliphatic carbocycles. The molecule has 1 atom stereocenters. The van der Waals surface area contributed by atoms with Gasteiger partial charge in [-0.1, -0.05) is 6.07 Å². The van der Waals surface area contributed by atoms with E-state index in [0.717, 1.165) is 31.9 Å². The maximum absolute atomic E-state index is 5.29. The van der Waals surface area contributed by atoms with Crippen LogP contribution in [0.2, 0.25) is 0 Å². The molecule has 1 N–H and O–H groups in total. The van der Waals surface area contributed by atoms with Crippen molar-refractivity contribution < 1.29 is 4.74 Å². The molecule has 0 amide bonds. The van der Waals surface area contributed by atoms with E-state index in [1.165, 1.54) is 5.69 Å². The highest BCUT2D eigenvalue weighted by atomic mass is 16.5. The second kappa shape index (κ2) is 6.07. The predicted octanol–water partition coefficient (Wildman–Crippen LogP) is 1.03. The van der Waals surface area contributed by atoms with Crippen molar-refractivity contribution in [3.63, 3.8) is 0 Å². The predicted molar refractivity (Wildman–Crippen MR) is 75.6 cm³/mol. The van der Waals surface area contributed by atoms with Crippen LogP contribution in [-0.2, 0) is 0 Å². The van der Waals surface area contributed by atoms with E-state index in [2.05, 4.69) is 47.4 Å². The Balaban J connectivity index is 2.03. The molecule has 18 heavy (non-hydrogen) atoms. The molecule has 4 nitrogen and oxygen atoms in total. The summed E-state index contributed by atoms with van der Waals surface area (Å²) >= 11 is 0. The molecule has 0 spiro atoms. The topological polar surface area (TPSA) is 27.7 Å². The molecule has 100 valence electrons. The van der Waals surface area contributed by atoms with Gasteiger partial charge in [0.05, 0.1) is 7.11 Å². The van der Waals surface area contributed by atoms with Crippen molar-refractivity contribution in [2.24, 2.45) is 0 Å². The van der Waals surface area contributed by atoms with E-state index >= 15 is 0 Å². The Hall–Kier alpha value is -1.26. The second-order valence-corrected chi connectivity index (χ2v) is 5.06. The van der Waals surface area contributed by atoms with Crippen molar-refractivity contribution in [1.29, 1.82) is 0 Å². The van der Waals surface area contributed by atoms with E-state index in [0.29, 0.717) is 6.04 Å². The van der Waals surface area contributed by atoms with Crippen molar-refractivity contribution in [3.05, 3.63) is 24.3 Å². The van der Waals surface area contributed by atoms with Gasteiger partial charge in [0.1, 0.15) is 5.75 Å². The van der Waals surface area contributed by atoms with Gasteiger partial charge in [0.25, 0.3) is 0 Å². The Bertz CT molecular complexity index is 381. The van der Waals surface area contributed by atoms with E-state index < -0.39 is 0 Å². The van der Waals surface area contributed by atoms with E-state index in [1.54, 1.807) is 7.11 Å². The van der Waals surface area contributed by atoms with Crippen LogP contribution in [0.5, 0.6) is 5.75 Å². The summed E-state index contributed by atoms with van der Waals surface area (Å²) in [7, 11) is 5.95. The first kappa shape index (κ1) is 13.2. The summed E-state index contributed by atoms with van der Waals surface area (Å²) in [5.41, 5.74) is 1.25. The van der Waals surface area contributed by atoms with Crippen molar-refractivity contribution in [1.82, 2.24) is 10.2 Å². The number of hydrogen-bond acceptors (Lipinski definition) is 4. The lowest BCUT2D eigenvalue weighted by Gasteiger charge is -2.36. The van der Waals surface area contributed by atoms with Crippen molar-refractivity contribution in [3.8, 4) is 5.75 Å². The molecule has 0 bridgehead atoms. The van der Waals surface area contributed by atoms with Crippen molar-refractivity contribution in [2.75, 3.05) is 52.3 Å². The van der Waals surface area contributed by atoms with E-state index in [4.69, 9.17) is 4.74 Å². The fourth-order valence-corrected chi connectivity index (χ4v) is 2.43. The third kappa shape index (κ3) is 3.37. The van der Waals surface area contributed by atoms with Crippen LogP contribution in [0, 0.1) is 0 Å². The normalized spacial score (nSPS) is 20.2. The zero-order valence-electron chi connectivity index (χ0n) is 11.5. The summed E-state index contributed by atoms with van der Waals surface area (Å²) in [5, 5.41) is 3.56.